The summed E-state index contributed by atoms with van der Waals surface area (Å²) in [6, 6.07) is 6.90. The molecule has 1 fully saturated rings. The zero-order valence-corrected chi connectivity index (χ0v) is 10.7. The number of nitrogens with zero attached hydrogens (tertiary/aromatic N) is 1. The number of carbonyl (C=O) groups is 1. The lowest BCUT2D eigenvalue weighted by Crippen LogP contribution is -2.46. The van der Waals surface area contributed by atoms with Crippen molar-refractivity contribution < 1.29 is 14.6 Å². The smallest absolute Gasteiger partial charge is 0.254 e. The Morgan fingerprint density at radius 2 is 2.33 bits per heavy atom. The van der Waals surface area contributed by atoms with E-state index in [1.54, 1.807) is 29.2 Å². The summed E-state index contributed by atoms with van der Waals surface area (Å²) in [7, 11) is 0. The molecule has 1 amide bonds. The molecule has 1 aliphatic rings. The number of amides is 1. The molecule has 2 rings (SSSR count). The Kier molecular flexibility index (Phi) is 5.40. The summed E-state index contributed by atoms with van der Waals surface area (Å²) in [6.45, 7) is 1.36. The molecule has 1 saturated heterocycles. The van der Waals surface area contributed by atoms with E-state index in [2.05, 4.69) is 0 Å². The van der Waals surface area contributed by atoms with E-state index in [4.69, 9.17) is 15.6 Å². The van der Waals surface area contributed by atoms with Crippen molar-refractivity contribution in [1.82, 2.24) is 4.90 Å². The van der Waals surface area contributed by atoms with Gasteiger partial charge in [-0.25, -0.2) is 0 Å². The molecule has 1 heterocycles. The summed E-state index contributed by atoms with van der Waals surface area (Å²) >= 11 is 0. The minimum atomic E-state index is -0.284. The van der Waals surface area contributed by atoms with E-state index in [1.165, 1.54) is 0 Å². The zero-order valence-electron chi connectivity index (χ0n) is 9.91. The second-order valence-electron chi connectivity index (χ2n) is 4.05. The van der Waals surface area contributed by atoms with Crippen LogP contribution >= 0.6 is 12.4 Å². The molecule has 0 aromatic heterocycles. The minimum absolute atomic E-state index is 0. The molecule has 100 valence electrons. The van der Waals surface area contributed by atoms with Gasteiger partial charge in [-0.2, -0.15) is 0 Å². The summed E-state index contributed by atoms with van der Waals surface area (Å²) in [6.07, 6.45) is -0.284. The van der Waals surface area contributed by atoms with Crippen LogP contribution < -0.4 is 5.73 Å². The molecular weight excluding hydrogens is 256 g/mol. The predicted octanol–water partition coefficient (Wildman–Crippen LogP) is 0.524. The minimum Gasteiger partial charge on any atom is -0.399 e. The predicted molar refractivity (Wildman–Crippen MR) is 70.8 cm³/mol. The molecule has 18 heavy (non-hydrogen) atoms. The lowest BCUT2D eigenvalue weighted by Gasteiger charge is -2.32. The molecule has 0 spiro atoms. The average molecular weight is 273 g/mol. The first-order valence-electron chi connectivity index (χ1n) is 5.58. The first-order valence-corrected chi connectivity index (χ1v) is 5.58. The van der Waals surface area contributed by atoms with Crippen LogP contribution in [0.5, 0.6) is 0 Å². The fraction of sp³-hybridized carbons (Fsp3) is 0.417. The molecule has 1 aromatic carbocycles. The van der Waals surface area contributed by atoms with Gasteiger partial charge >= 0.3 is 0 Å². The average Bonchev–Trinajstić information content (AvgIpc) is 2.38. The number of ether oxygens (including phenoxy) is 1. The topological polar surface area (TPSA) is 75.8 Å². The van der Waals surface area contributed by atoms with Gasteiger partial charge in [0.25, 0.3) is 5.91 Å². The Balaban J connectivity index is 0.00000162. The Labute approximate surface area is 112 Å². The van der Waals surface area contributed by atoms with Gasteiger partial charge in [-0.05, 0) is 18.2 Å². The second kappa shape index (κ2) is 6.58. The summed E-state index contributed by atoms with van der Waals surface area (Å²) in [5.41, 5.74) is 6.79. The standard InChI is InChI=1S/C12H16N2O3.ClH/c13-10-3-1-2-9(6-10)12(16)14-4-5-17-11(7-14)8-15;/h1-3,6,11,15H,4-5,7-8,13H2;1H. The molecule has 1 aromatic rings. The van der Waals surface area contributed by atoms with E-state index in [0.29, 0.717) is 30.9 Å². The van der Waals surface area contributed by atoms with Gasteiger partial charge in [0.05, 0.1) is 19.3 Å². The van der Waals surface area contributed by atoms with Crippen molar-refractivity contribution >= 4 is 24.0 Å². The molecule has 5 nitrogen and oxygen atoms in total. The summed E-state index contributed by atoms with van der Waals surface area (Å²) in [4.78, 5) is 13.8. The Morgan fingerprint density at radius 3 is 3.00 bits per heavy atom. The maximum absolute atomic E-state index is 12.1. The number of nitrogen functional groups attached to an aromatic ring is 1. The van der Waals surface area contributed by atoms with Crippen LogP contribution in [0.3, 0.4) is 0 Å². The number of hydrogen-bond donors (Lipinski definition) is 2. The molecular formula is C12H17ClN2O3. The van der Waals surface area contributed by atoms with Crippen LogP contribution in [0.1, 0.15) is 10.4 Å². The number of aliphatic hydroxyl groups excluding tert-OH is 1. The number of benzene rings is 1. The summed E-state index contributed by atoms with van der Waals surface area (Å²) in [5, 5.41) is 9.02. The van der Waals surface area contributed by atoms with Gasteiger partial charge in [-0.1, -0.05) is 6.07 Å². The summed E-state index contributed by atoms with van der Waals surface area (Å²) < 4.78 is 5.30. The molecule has 1 atom stereocenters. The van der Waals surface area contributed by atoms with E-state index in [0.717, 1.165) is 0 Å². The molecule has 0 saturated carbocycles. The fourth-order valence-corrected chi connectivity index (χ4v) is 1.87. The number of carbonyl (C=O) groups excluding carboxylic acids is 1. The largest absolute Gasteiger partial charge is 0.399 e. The molecule has 0 aliphatic carbocycles. The van der Waals surface area contributed by atoms with Crippen LogP contribution in [0.4, 0.5) is 5.69 Å². The van der Waals surface area contributed by atoms with Crippen LogP contribution in [0.2, 0.25) is 0 Å². The highest BCUT2D eigenvalue weighted by Gasteiger charge is 2.24. The number of morpholine rings is 1. The molecule has 1 aliphatic heterocycles. The number of aliphatic hydroxyl groups is 1. The quantitative estimate of drug-likeness (QED) is 0.770. The van der Waals surface area contributed by atoms with Gasteiger partial charge < -0.3 is 20.5 Å². The van der Waals surface area contributed by atoms with Crippen molar-refractivity contribution in [1.29, 1.82) is 0 Å². The number of halogens is 1. The first kappa shape index (κ1) is 14.8. The molecule has 0 radical (unpaired) electrons. The van der Waals surface area contributed by atoms with Gasteiger partial charge in [0.1, 0.15) is 0 Å². The Morgan fingerprint density at radius 1 is 1.56 bits per heavy atom. The van der Waals surface area contributed by atoms with Crippen molar-refractivity contribution in [3.8, 4) is 0 Å². The van der Waals surface area contributed by atoms with Gasteiger partial charge in [0.15, 0.2) is 0 Å². The van der Waals surface area contributed by atoms with Crippen LogP contribution in [-0.2, 0) is 4.74 Å². The highest BCUT2D eigenvalue weighted by Crippen LogP contribution is 2.12. The number of hydrogen-bond acceptors (Lipinski definition) is 4. The molecule has 0 bridgehead atoms. The van der Waals surface area contributed by atoms with Gasteiger partial charge in [-0.3, -0.25) is 4.79 Å². The van der Waals surface area contributed by atoms with Crippen LogP contribution in [0.25, 0.3) is 0 Å². The lowest BCUT2D eigenvalue weighted by atomic mass is 10.1. The molecule has 1 unspecified atom stereocenters. The fourth-order valence-electron chi connectivity index (χ4n) is 1.87. The van der Waals surface area contributed by atoms with Crippen LogP contribution in [0.15, 0.2) is 24.3 Å². The zero-order chi connectivity index (χ0) is 12.3. The van der Waals surface area contributed by atoms with E-state index >= 15 is 0 Å². The second-order valence-corrected chi connectivity index (χ2v) is 4.05. The number of rotatable bonds is 2. The van der Waals surface area contributed by atoms with Crippen LogP contribution in [-0.4, -0.2) is 48.3 Å². The van der Waals surface area contributed by atoms with E-state index in [1.807, 2.05) is 0 Å². The normalized spacial score (nSPS) is 19.2. The van der Waals surface area contributed by atoms with Gasteiger partial charge in [-0.15, -0.1) is 12.4 Å². The number of anilines is 1. The van der Waals surface area contributed by atoms with Gasteiger partial charge in [0, 0.05) is 24.3 Å². The van der Waals surface area contributed by atoms with E-state index in [-0.39, 0.29) is 31.0 Å². The highest BCUT2D eigenvalue weighted by atomic mass is 35.5. The summed E-state index contributed by atoms with van der Waals surface area (Å²) in [5.74, 6) is -0.0703. The van der Waals surface area contributed by atoms with Crippen LogP contribution in [0, 0.1) is 0 Å². The van der Waals surface area contributed by atoms with Crippen molar-refractivity contribution in [3.63, 3.8) is 0 Å². The van der Waals surface area contributed by atoms with Crippen molar-refractivity contribution in [2.24, 2.45) is 0 Å². The van der Waals surface area contributed by atoms with Crippen molar-refractivity contribution in [2.75, 3.05) is 32.0 Å². The third-order valence-corrected chi connectivity index (χ3v) is 2.76. The Bertz CT molecular complexity index is 414. The molecule has 6 heteroatoms. The third-order valence-electron chi connectivity index (χ3n) is 2.76. The maximum atomic E-state index is 12.1. The van der Waals surface area contributed by atoms with E-state index in [9.17, 15) is 4.79 Å². The van der Waals surface area contributed by atoms with Crippen molar-refractivity contribution in [2.45, 2.75) is 6.10 Å². The van der Waals surface area contributed by atoms with Gasteiger partial charge in [0.2, 0.25) is 0 Å². The maximum Gasteiger partial charge on any atom is 0.254 e. The number of nitrogens with two attached hydrogens (primary N) is 1. The SMILES string of the molecule is Cl.Nc1cccc(C(=O)N2CCOC(CO)C2)c1. The highest BCUT2D eigenvalue weighted by molar-refractivity contribution is 5.95. The monoisotopic (exact) mass is 272 g/mol. The Hall–Kier alpha value is -1.30. The lowest BCUT2D eigenvalue weighted by molar-refractivity contribution is -0.0447. The third kappa shape index (κ3) is 3.35. The molecule has 3 N–H and O–H groups in total. The van der Waals surface area contributed by atoms with E-state index < -0.39 is 0 Å². The first-order chi connectivity index (χ1) is 8.20. The van der Waals surface area contributed by atoms with Crippen molar-refractivity contribution in [3.05, 3.63) is 29.8 Å².